The maximum atomic E-state index is 12.1. The van der Waals surface area contributed by atoms with Gasteiger partial charge in [0.1, 0.15) is 0 Å². The summed E-state index contributed by atoms with van der Waals surface area (Å²) in [5, 5.41) is 0.776. The second-order valence-electron chi connectivity index (χ2n) is 7.59. The van der Waals surface area contributed by atoms with Crippen molar-refractivity contribution in [2.24, 2.45) is 5.41 Å². The fraction of sp³-hybridized carbons (Fsp3) is 0.348. The molecule has 1 atom stereocenters. The van der Waals surface area contributed by atoms with Crippen molar-refractivity contribution >= 4 is 29.3 Å². The number of nitrogens with zero attached hydrogens (tertiary/aromatic N) is 1. The summed E-state index contributed by atoms with van der Waals surface area (Å²) in [6, 6.07) is 18.8. The van der Waals surface area contributed by atoms with Crippen molar-refractivity contribution in [2.75, 3.05) is 13.1 Å². The molecule has 140 valence electrons. The summed E-state index contributed by atoms with van der Waals surface area (Å²) in [5.74, 6) is 0.296. The van der Waals surface area contributed by atoms with Crippen molar-refractivity contribution in [1.82, 2.24) is 4.31 Å². The molecule has 1 saturated heterocycles. The van der Waals surface area contributed by atoms with Crippen molar-refractivity contribution in [1.29, 1.82) is 0 Å². The minimum atomic E-state index is 0.0529. The Balaban J connectivity index is 1.62. The van der Waals surface area contributed by atoms with Crippen LogP contribution in [0.25, 0.3) is 0 Å². The van der Waals surface area contributed by atoms with Gasteiger partial charge in [-0.15, -0.1) is 0 Å². The van der Waals surface area contributed by atoms with E-state index in [4.69, 9.17) is 11.6 Å². The normalized spacial score (nSPS) is 23.4. The van der Waals surface area contributed by atoms with Gasteiger partial charge >= 0.3 is 0 Å². The van der Waals surface area contributed by atoms with Crippen LogP contribution in [0.2, 0.25) is 5.02 Å². The summed E-state index contributed by atoms with van der Waals surface area (Å²) in [5.41, 5.74) is 2.77. The molecule has 0 radical (unpaired) electrons. The maximum absolute atomic E-state index is 12.1. The topological polar surface area (TPSA) is 20.3 Å². The summed E-state index contributed by atoms with van der Waals surface area (Å²) in [6.45, 7) is 2.00. The first-order valence-electron chi connectivity index (χ1n) is 9.59. The smallest absolute Gasteiger partial charge is 0.155 e. The molecule has 1 heterocycles. The second-order valence-corrected chi connectivity index (χ2v) is 9.20. The predicted molar refractivity (Wildman–Crippen MR) is 113 cm³/mol. The number of halogens is 1. The third-order valence-corrected chi connectivity index (χ3v) is 6.88. The third-order valence-electron chi connectivity index (χ3n) is 5.61. The first-order valence-corrected chi connectivity index (χ1v) is 10.7. The Kier molecular flexibility index (Phi) is 5.72. The summed E-state index contributed by atoms with van der Waals surface area (Å²) in [7, 11) is 0. The van der Waals surface area contributed by atoms with Crippen molar-refractivity contribution in [3.8, 4) is 0 Å². The Hall–Kier alpha value is -1.55. The summed E-state index contributed by atoms with van der Waals surface area (Å²) in [6.07, 6.45) is 6.67. The first kappa shape index (κ1) is 18.8. The Bertz CT molecular complexity index is 850. The van der Waals surface area contributed by atoms with Crippen molar-refractivity contribution < 1.29 is 4.79 Å². The summed E-state index contributed by atoms with van der Waals surface area (Å²) >= 11 is 7.97. The zero-order chi connectivity index (χ0) is 18.7. The number of carbonyl (C=O) groups is 1. The molecule has 0 amide bonds. The van der Waals surface area contributed by atoms with Gasteiger partial charge in [0.15, 0.2) is 5.78 Å². The molecule has 2 aromatic rings. The molecule has 4 heteroatoms. The number of rotatable bonds is 4. The average Bonchev–Trinajstić information content (AvgIpc) is 2.82. The number of fused-ring (bicyclic) bond motifs is 1. The third kappa shape index (κ3) is 4.48. The molecule has 27 heavy (non-hydrogen) atoms. The number of allylic oxidation sites excluding steroid dienone is 1. The van der Waals surface area contributed by atoms with E-state index in [1.807, 2.05) is 24.3 Å². The van der Waals surface area contributed by atoms with Gasteiger partial charge in [-0.25, -0.2) is 4.31 Å². The molecule has 1 unspecified atom stereocenters. The minimum absolute atomic E-state index is 0.0529. The van der Waals surface area contributed by atoms with E-state index in [1.54, 1.807) is 11.9 Å². The van der Waals surface area contributed by atoms with Crippen molar-refractivity contribution in [3.63, 3.8) is 0 Å². The van der Waals surface area contributed by atoms with Crippen LogP contribution in [0.3, 0.4) is 0 Å². The zero-order valence-corrected chi connectivity index (χ0v) is 16.9. The van der Waals surface area contributed by atoms with Crippen LogP contribution in [-0.2, 0) is 11.2 Å². The van der Waals surface area contributed by atoms with E-state index in [1.165, 1.54) is 16.0 Å². The maximum Gasteiger partial charge on any atom is 0.155 e. The Labute approximate surface area is 170 Å². The van der Waals surface area contributed by atoms with Crippen molar-refractivity contribution in [2.45, 2.75) is 37.0 Å². The highest BCUT2D eigenvalue weighted by Crippen LogP contribution is 2.46. The molecule has 0 aromatic heterocycles. The van der Waals surface area contributed by atoms with Gasteiger partial charge in [-0.1, -0.05) is 53.6 Å². The fourth-order valence-corrected chi connectivity index (χ4v) is 5.72. The highest BCUT2D eigenvalue weighted by atomic mass is 35.5. The van der Waals surface area contributed by atoms with Gasteiger partial charge in [-0.2, -0.15) is 0 Å². The predicted octanol–water partition coefficient (Wildman–Crippen LogP) is 5.96. The molecule has 2 nitrogen and oxygen atoms in total. The van der Waals surface area contributed by atoms with Gasteiger partial charge in [0.25, 0.3) is 0 Å². The van der Waals surface area contributed by atoms with E-state index in [2.05, 4.69) is 40.7 Å². The van der Waals surface area contributed by atoms with E-state index >= 15 is 0 Å². The van der Waals surface area contributed by atoms with Gasteiger partial charge in [-0.05, 0) is 67.5 Å². The van der Waals surface area contributed by atoms with E-state index in [9.17, 15) is 4.79 Å². The second kappa shape index (κ2) is 8.22. The van der Waals surface area contributed by atoms with E-state index in [0.717, 1.165) is 43.8 Å². The number of ketones is 1. The molecular formula is C23H24ClNOS. The Morgan fingerprint density at radius 1 is 1.07 bits per heavy atom. The number of hydrogen-bond donors (Lipinski definition) is 0. The van der Waals surface area contributed by atoms with Gasteiger partial charge in [0.05, 0.1) is 0 Å². The lowest BCUT2D eigenvalue weighted by Gasteiger charge is -2.40. The van der Waals surface area contributed by atoms with Gasteiger partial charge < -0.3 is 0 Å². The Morgan fingerprint density at radius 3 is 2.74 bits per heavy atom. The molecular weight excluding hydrogens is 374 g/mol. The lowest BCUT2D eigenvalue weighted by atomic mass is 9.67. The largest absolute Gasteiger partial charge is 0.295 e. The summed E-state index contributed by atoms with van der Waals surface area (Å²) in [4.78, 5) is 13.3. The molecule has 2 aliphatic rings. The number of benzene rings is 2. The van der Waals surface area contributed by atoms with Gasteiger partial charge in [0.2, 0.25) is 0 Å². The standard InChI is InChI=1S/C23H24ClNOS/c24-20-9-4-10-22(15-20)27-25-13-5-8-19-14-21(26)11-12-23(19,17-25)16-18-6-2-1-3-7-18/h1-4,6-7,9-10,14-15H,5,8,11-13,16-17H2. The molecule has 1 aliphatic heterocycles. The number of hydrogen-bond acceptors (Lipinski definition) is 3. The van der Waals surface area contributed by atoms with Crippen LogP contribution < -0.4 is 0 Å². The quantitative estimate of drug-likeness (QED) is 0.593. The van der Waals surface area contributed by atoms with E-state index in [0.29, 0.717) is 12.2 Å². The fourth-order valence-electron chi connectivity index (χ4n) is 4.32. The van der Waals surface area contributed by atoms with Crippen LogP contribution in [-0.4, -0.2) is 23.2 Å². The molecule has 4 rings (SSSR count). The van der Waals surface area contributed by atoms with Crippen LogP contribution in [0.4, 0.5) is 0 Å². The molecule has 1 aliphatic carbocycles. The lowest BCUT2D eigenvalue weighted by Crippen LogP contribution is -2.38. The number of carbonyl (C=O) groups excluding carboxylic acids is 1. The highest BCUT2D eigenvalue weighted by molar-refractivity contribution is 7.97. The summed E-state index contributed by atoms with van der Waals surface area (Å²) < 4.78 is 2.48. The first-order chi connectivity index (χ1) is 13.1. The van der Waals surface area contributed by atoms with E-state index < -0.39 is 0 Å². The van der Waals surface area contributed by atoms with Crippen molar-refractivity contribution in [3.05, 3.63) is 76.8 Å². The molecule has 0 N–H and O–H groups in total. The van der Waals surface area contributed by atoms with E-state index in [-0.39, 0.29) is 5.41 Å². The molecule has 2 aromatic carbocycles. The SMILES string of the molecule is O=C1C=C2CCCN(Sc3cccc(Cl)c3)CC2(Cc2ccccc2)CC1. The van der Waals surface area contributed by atoms with Gasteiger partial charge in [0, 0.05) is 34.8 Å². The average molecular weight is 398 g/mol. The molecule has 0 bridgehead atoms. The van der Waals surface area contributed by atoms with Crippen LogP contribution in [0.15, 0.2) is 71.1 Å². The molecule has 0 saturated carbocycles. The molecule has 1 fully saturated rings. The monoisotopic (exact) mass is 397 g/mol. The zero-order valence-electron chi connectivity index (χ0n) is 15.4. The minimum Gasteiger partial charge on any atom is -0.295 e. The van der Waals surface area contributed by atoms with Crippen LogP contribution >= 0.6 is 23.5 Å². The highest BCUT2D eigenvalue weighted by Gasteiger charge is 2.40. The van der Waals surface area contributed by atoms with Gasteiger partial charge in [-0.3, -0.25) is 4.79 Å². The Morgan fingerprint density at radius 2 is 1.93 bits per heavy atom. The van der Waals surface area contributed by atoms with Crippen LogP contribution in [0.1, 0.15) is 31.2 Å². The molecule has 0 spiro atoms. The van der Waals surface area contributed by atoms with Crippen LogP contribution in [0.5, 0.6) is 0 Å². The van der Waals surface area contributed by atoms with Crippen LogP contribution in [0, 0.1) is 5.41 Å². The lowest BCUT2D eigenvalue weighted by molar-refractivity contribution is -0.115.